The van der Waals surface area contributed by atoms with E-state index in [1.165, 1.54) is 6.07 Å². The van der Waals surface area contributed by atoms with Gasteiger partial charge < -0.3 is 15.1 Å². The lowest BCUT2D eigenvalue weighted by Crippen LogP contribution is -2.54. The minimum atomic E-state index is -1.06. The van der Waals surface area contributed by atoms with Crippen LogP contribution >= 0.6 is 0 Å². The minimum absolute atomic E-state index is 0.0320. The van der Waals surface area contributed by atoms with Crippen molar-refractivity contribution in [3.8, 4) is 11.1 Å². The Morgan fingerprint density at radius 3 is 2.51 bits per heavy atom. The number of fused-ring (bicyclic) bond motifs is 2. The van der Waals surface area contributed by atoms with Crippen molar-refractivity contribution in [2.24, 2.45) is 0 Å². The van der Waals surface area contributed by atoms with Gasteiger partial charge in [0, 0.05) is 55.2 Å². The van der Waals surface area contributed by atoms with E-state index in [4.69, 9.17) is 4.42 Å². The fraction of sp³-hybridized carbons (Fsp3) is 0.325. The monoisotopic (exact) mass is 744 g/mol. The molecular formula is C40H40N8O7. The minimum Gasteiger partial charge on any atom is -0.469 e. The van der Waals surface area contributed by atoms with Crippen molar-refractivity contribution in [1.29, 1.82) is 0 Å². The number of rotatable bonds is 17. The van der Waals surface area contributed by atoms with E-state index >= 15 is 0 Å². The van der Waals surface area contributed by atoms with E-state index < -0.39 is 29.7 Å². The van der Waals surface area contributed by atoms with Crippen LogP contribution in [0.4, 0.5) is 5.69 Å². The van der Waals surface area contributed by atoms with E-state index in [0.717, 1.165) is 59.7 Å². The summed E-state index contributed by atoms with van der Waals surface area (Å²) in [7, 11) is 0. The van der Waals surface area contributed by atoms with Crippen LogP contribution in [0.3, 0.4) is 0 Å². The maximum absolute atomic E-state index is 13.2. The number of anilines is 1. The summed E-state index contributed by atoms with van der Waals surface area (Å²) in [5.41, 5.74) is 3.65. The number of hydrogen-bond acceptors (Lipinski definition) is 11. The fourth-order valence-corrected chi connectivity index (χ4v) is 6.99. The molecule has 1 fully saturated rings. The van der Waals surface area contributed by atoms with Crippen LogP contribution in [0.25, 0.3) is 16.8 Å². The molecule has 3 aromatic heterocycles. The normalized spacial score (nSPS) is 15.3. The largest absolute Gasteiger partial charge is 0.469 e. The van der Waals surface area contributed by atoms with Gasteiger partial charge >= 0.3 is 0 Å². The maximum atomic E-state index is 13.2. The fourth-order valence-electron chi connectivity index (χ4n) is 6.99. The summed E-state index contributed by atoms with van der Waals surface area (Å²) in [6.07, 6.45) is 11.3. The van der Waals surface area contributed by atoms with Crippen molar-refractivity contribution in [2.45, 2.75) is 70.3 Å². The Hall–Kier alpha value is -6.51. The van der Waals surface area contributed by atoms with Gasteiger partial charge in [-0.2, -0.15) is 0 Å². The first-order valence-corrected chi connectivity index (χ1v) is 18.5. The quantitative estimate of drug-likeness (QED) is 0.0696. The van der Waals surface area contributed by atoms with Crippen molar-refractivity contribution >= 4 is 46.7 Å². The second kappa shape index (κ2) is 16.7. The topological polar surface area (TPSA) is 198 Å². The molecule has 2 aliphatic heterocycles. The number of aromatic nitrogens is 4. The van der Waals surface area contributed by atoms with E-state index in [1.54, 1.807) is 30.9 Å². The molecule has 3 N–H and O–H groups in total. The van der Waals surface area contributed by atoms with Gasteiger partial charge in [-0.05, 0) is 49.1 Å². The van der Waals surface area contributed by atoms with Crippen LogP contribution in [0.5, 0.6) is 0 Å². The molecule has 1 saturated heterocycles. The number of furan rings is 1. The molecule has 0 aliphatic carbocycles. The molecule has 2 aromatic carbocycles. The summed E-state index contributed by atoms with van der Waals surface area (Å²) >= 11 is 0. The van der Waals surface area contributed by atoms with E-state index in [9.17, 15) is 28.8 Å². The van der Waals surface area contributed by atoms with Crippen LogP contribution < -0.4 is 16.0 Å². The van der Waals surface area contributed by atoms with Gasteiger partial charge in [0.15, 0.2) is 11.4 Å². The number of carbonyl (C=O) groups excluding carboxylic acids is 6. The molecule has 55 heavy (non-hydrogen) atoms. The highest BCUT2D eigenvalue weighted by molar-refractivity contribution is 6.25. The second-order valence-electron chi connectivity index (χ2n) is 13.6. The van der Waals surface area contributed by atoms with Crippen molar-refractivity contribution < 1.29 is 33.2 Å². The number of aryl methyl sites for hydroxylation is 2. The van der Waals surface area contributed by atoms with Gasteiger partial charge in [0.25, 0.3) is 11.8 Å². The third kappa shape index (κ3) is 8.20. The van der Waals surface area contributed by atoms with Gasteiger partial charge in [0.05, 0.1) is 23.9 Å². The van der Waals surface area contributed by atoms with Crippen molar-refractivity contribution in [1.82, 2.24) is 35.1 Å². The number of imide groups is 2. The van der Waals surface area contributed by atoms with E-state index in [0.29, 0.717) is 42.7 Å². The molecule has 5 aromatic rings. The third-order valence-electron chi connectivity index (χ3n) is 9.91. The zero-order valence-electron chi connectivity index (χ0n) is 30.1. The summed E-state index contributed by atoms with van der Waals surface area (Å²) in [4.78, 5) is 81.2. The average molecular weight is 745 g/mol. The number of amides is 5. The lowest BCUT2D eigenvalue weighted by Gasteiger charge is -2.27. The summed E-state index contributed by atoms with van der Waals surface area (Å²) in [5, 5.41) is 16.4. The van der Waals surface area contributed by atoms with Crippen LogP contribution in [0, 0.1) is 0 Å². The Bertz CT molecular complexity index is 2250. The smallest absolute Gasteiger partial charge is 0.264 e. The number of nitrogens with zero attached hydrogens (tertiary/aromatic N) is 5. The van der Waals surface area contributed by atoms with Gasteiger partial charge in [0.2, 0.25) is 17.7 Å². The van der Waals surface area contributed by atoms with Crippen LogP contribution in [-0.4, -0.2) is 78.9 Å². The lowest BCUT2D eigenvalue weighted by atomic mass is 10.0. The molecule has 0 saturated carbocycles. The summed E-state index contributed by atoms with van der Waals surface area (Å²) in [5.74, 6) is -0.831. The number of benzene rings is 2. The Morgan fingerprint density at radius 1 is 0.891 bits per heavy atom. The molecule has 5 heterocycles. The SMILES string of the molecule is O=C(CNc1cccc2c1C(=O)N(C1CCC(=O)NC1=O)C2=O)NCCCCCCCC(=O)c1ccc(-c2cnc(CCc3ccco3)n3cnnc23)cc1. The Kier molecular flexibility index (Phi) is 11.2. The first kappa shape index (κ1) is 36.8. The Morgan fingerprint density at radius 2 is 1.71 bits per heavy atom. The van der Waals surface area contributed by atoms with Crippen LogP contribution in [0.15, 0.2) is 77.8 Å². The predicted molar refractivity (Wildman–Crippen MR) is 199 cm³/mol. The molecule has 5 amide bonds. The number of nitrogens with one attached hydrogen (secondary N) is 3. The summed E-state index contributed by atoms with van der Waals surface area (Å²) < 4.78 is 7.33. The lowest BCUT2D eigenvalue weighted by molar-refractivity contribution is -0.136. The molecule has 15 nitrogen and oxygen atoms in total. The van der Waals surface area contributed by atoms with E-state index in [1.807, 2.05) is 40.8 Å². The number of Topliss-reactive ketones (excluding diaryl/α,β-unsaturated/α-hetero) is 1. The number of piperidine rings is 1. The summed E-state index contributed by atoms with van der Waals surface area (Å²) in [6, 6.07) is 14.9. The van der Waals surface area contributed by atoms with Gasteiger partial charge in [-0.1, -0.05) is 49.6 Å². The van der Waals surface area contributed by atoms with Gasteiger partial charge in [0.1, 0.15) is 24.0 Å². The van der Waals surface area contributed by atoms with Crippen molar-refractivity contribution in [2.75, 3.05) is 18.4 Å². The highest BCUT2D eigenvalue weighted by Gasteiger charge is 2.45. The average Bonchev–Trinajstić information content (AvgIpc) is 3.96. The first-order chi connectivity index (χ1) is 26.8. The van der Waals surface area contributed by atoms with Crippen molar-refractivity contribution in [3.63, 3.8) is 0 Å². The molecule has 1 unspecified atom stereocenters. The second-order valence-corrected chi connectivity index (χ2v) is 13.6. The Labute approximate surface area is 315 Å². The standard InChI is InChI=1S/C40H40N8O7/c49-32(26-14-12-25(13-15-26)29-22-43-33(47-24-44-46-37(29)47)18-16-27-8-7-21-55-27)11-4-2-1-3-5-20-41-35(51)23-42-30-10-6-9-28-36(30)40(54)48(39(28)53)31-17-19-34(50)45-38(31)52/h6-10,12-15,21-22,24,31,42H,1-5,11,16-20,23H2,(H,41,51)(H,45,50,52). The molecule has 2 aliphatic rings. The van der Waals surface area contributed by atoms with Crippen LogP contribution in [0.1, 0.15) is 94.0 Å². The summed E-state index contributed by atoms with van der Waals surface area (Å²) in [6.45, 7) is 0.365. The molecular weight excluding hydrogens is 704 g/mol. The predicted octanol–water partition coefficient (Wildman–Crippen LogP) is 4.32. The number of carbonyl (C=O) groups is 6. The maximum Gasteiger partial charge on any atom is 0.264 e. The van der Waals surface area contributed by atoms with Gasteiger partial charge in [-0.3, -0.25) is 43.4 Å². The molecule has 1 atom stereocenters. The number of unbranched alkanes of at least 4 members (excludes halogenated alkanes) is 4. The first-order valence-electron chi connectivity index (χ1n) is 18.5. The molecule has 0 spiro atoms. The Balaban J connectivity index is 0.795. The van der Waals surface area contributed by atoms with E-state index in [-0.39, 0.29) is 42.2 Å². The molecule has 0 radical (unpaired) electrons. The molecule has 282 valence electrons. The van der Waals surface area contributed by atoms with Crippen LogP contribution in [-0.2, 0) is 27.2 Å². The van der Waals surface area contributed by atoms with Crippen LogP contribution in [0.2, 0.25) is 0 Å². The van der Waals surface area contributed by atoms with Crippen molar-refractivity contribution in [3.05, 3.63) is 102 Å². The van der Waals surface area contributed by atoms with E-state index in [2.05, 4.69) is 31.1 Å². The third-order valence-corrected chi connectivity index (χ3v) is 9.91. The van der Waals surface area contributed by atoms with Gasteiger partial charge in [-0.15, -0.1) is 10.2 Å². The molecule has 7 rings (SSSR count). The highest BCUT2D eigenvalue weighted by atomic mass is 16.3. The highest BCUT2D eigenvalue weighted by Crippen LogP contribution is 2.32. The zero-order valence-corrected chi connectivity index (χ0v) is 30.1. The molecule has 15 heteroatoms. The molecule has 0 bridgehead atoms. The number of hydrogen-bond donors (Lipinski definition) is 3. The number of ketones is 1. The zero-order chi connectivity index (χ0) is 38.3. The van der Waals surface area contributed by atoms with Gasteiger partial charge in [-0.25, -0.2) is 4.98 Å².